The highest BCUT2D eigenvalue weighted by molar-refractivity contribution is 6.30. The first kappa shape index (κ1) is 22.4. The second-order valence-corrected chi connectivity index (χ2v) is 10.1. The van der Waals surface area contributed by atoms with Crippen LogP contribution in [-0.4, -0.2) is 28.6 Å². The summed E-state index contributed by atoms with van der Waals surface area (Å²) in [4.78, 5) is 16.0. The first-order chi connectivity index (χ1) is 14.9. The Bertz CT molecular complexity index is 956. The summed E-state index contributed by atoms with van der Waals surface area (Å²) in [6, 6.07) is 15.3. The van der Waals surface area contributed by atoms with Gasteiger partial charge in [0.2, 0.25) is 5.91 Å². The smallest absolute Gasteiger partial charge is 0.229 e. The predicted octanol–water partition coefficient (Wildman–Crippen LogP) is 6.40. The molecule has 164 valence electrons. The van der Waals surface area contributed by atoms with E-state index in [0.29, 0.717) is 28.8 Å². The lowest BCUT2D eigenvalue weighted by Crippen LogP contribution is -2.57. The minimum atomic E-state index is -0.583. The number of benzene rings is 2. The molecule has 2 unspecified atom stereocenters. The highest BCUT2D eigenvalue weighted by atomic mass is 35.5. The molecule has 2 fully saturated rings. The summed E-state index contributed by atoms with van der Waals surface area (Å²) >= 11 is 12.5. The van der Waals surface area contributed by atoms with Crippen molar-refractivity contribution in [1.29, 1.82) is 0 Å². The largest absolute Gasteiger partial charge is 0.394 e. The lowest BCUT2D eigenvalue weighted by atomic mass is 9.67. The number of carbonyl (C=O) groups excluding carboxylic acids is 1. The van der Waals surface area contributed by atoms with Gasteiger partial charge in [-0.05, 0) is 67.0 Å². The Balaban J connectivity index is 1.89. The Kier molecular flexibility index (Phi) is 6.48. The quantitative estimate of drug-likeness (QED) is 0.488. The van der Waals surface area contributed by atoms with Crippen molar-refractivity contribution in [1.82, 2.24) is 4.90 Å². The van der Waals surface area contributed by atoms with Crippen LogP contribution in [0.15, 0.2) is 61.2 Å². The molecule has 2 aliphatic rings. The number of allylic oxidation sites excluding steroid dienone is 1. The van der Waals surface area contributed by atoms with Crippen LogP contribution in [-0.2, 0) is 4.79 Å². The van der Waals surface area contributed by atoms with E-state index in [0.717, 1.165) is 24.0 Å². The Morgan fingerprint density at radius 3 is 2.45 bits per heavy atom. The van der Waals surface area contributed by atoms with E-state index in [4.69, 9.17) is 23.2 Å². The summed E-state index contributed by atoms with van der Waals surface area (Å²) in [5.74, 6) is 0.474. The molecule has 5 heteroatoms. The third kappa shape index (κ3) is 4.41. The van der Waals surface area contributed by atoms with Crippen LogP contribution in [0.2, 0.25) is 10.0 Å². The van der Waals surface area contributed by atoms with Gasteiger partial charge in [-0.25, -0.2) is 0 Å². The van der Waals surface area contributed by atoms with Gasteiger partial charge >= 0.3 is 0 Å². The molecule has 31 heavy (non-hydrogen) atoms. The third-order valence-electron chi connectivity index (χ3n) is 6.90. The lowest BCUT2D eigenvalue weighted by Gasteiger charge is -2.52. The van der Waals surface area contributed by atoms with E-state index in [1.165, 1.54) is 0 Å². The summed E-state index contributed by atoms with van der Waals surface area (Å²) in [6.45, 7) is 5.91. The zero-order chi connectivity index (χ0) is 22.2. The molecule has 0 radical (unpaired) electrons. The van der Waals surface area contributed by atoms with Crippen LogP contribution < -0.4 is 0 Å². The zero-order valence-corrected chi connectivity index (χ0v) is 19.3. The van der Waals surface area contributed by atoms with Gasteiger partial charge in [0.25, 0.3) is 0 Å². The summed E-state index contributed by atoms with van der Waals surface area (Å²) in [5, 5.41) is 11.7. The summed E-state index contributed by atoms with van der Waals surface area (Å²) in [5.41, 5.74) is 1.55. The van der Waals surface area contributed by atoms with E-state index in [2.05, 4.69) is 12.6 Å². The van der Waals surface area contributed by atoms with Crippen LogP contribution >= 0.6 is 23.2 Å². The van der Waals surface area contributed by atoms with Gasteiger partial charge < -0.3 is 10.0 Å². The van der Waals surface area contributed by atoms with Crippen LogP contribution in [0.25, 0.3) is 0 Å². The molecule has 0 spiro atoms. The van der Waals surface area contributed by atoms with Gasteiger partial charge in [-0.3, -0.25) is 4.79 Å². The number of carbonyl (C=O) groups is 1. The molecule has 3 nitrogen and oxygen atoms in total. The molecule has 1 aliphatic carbocycles. The summed E-state index contributed by atoms with van der Waals surface area (Å²) < 4.78 is 0. The van der Waals surface area contributed by atoms with Crippen molar-refractivity contribution in [2.45, 2.75) is 50.6 Å². The maximum atomic E-state index is 14.0. The fourth-order valence-corrected chi connectivity index (χ4v) is 5.52. The Labute approximate surface area is 194 Å². The van der Waals surface area contributed by atoms with Gasteiger partial charge in [0.1, 0.15) is 0 Å². The van der Waals surface area contributed by atoms with Crippen LogP contribution in [0.3, 0.4) is 0 Å². The average molecular weight is 458 g/mol. The number of aliphatic hydroxyl groups excluding tert-OH is 1. The highest BCUT2D eigenvalue weighted by Crippen LogP contribution is 2.53. The van der Waals surface area contributed by atoms with E-state index < -0.39 is 5.41 Å². The maximum Gasteiger partial charge on any atom is 0.229 e. The Morgan fingerprint density at radius 1 is 1.16 bits per heavy atom. The number of rotatable bonds is 7. The maximum absolute atomic E-state index is 14.0. The van der Waals surface area contributed by atoms with Gasteiger partial charge in [0, 0.05) is 16.0 Å². The number of amides is 1. The van der Waals surface area contributed by atoms with Crippen molar-refractivity contribution in [2.75, 3.05) is 6.61 Å². The Morgan fingerprint density at radius 2 is 1.87 bits per heavy atom. The molecule has 1 saturated heterocycles. The number of aliphatic hydroxyl groups is 1. The molecular formula is C26H29Cl2NO2. The molecule has 2 aromatic carbocycles. The normalized spacial score (nSPS) is 27.2. The minimum Gasteiger partial charge on any atom is -0.394 e. The standard InChI is InChI=1S/C26H29Cl2NO2/c1-3-13-26(2)15-22(19-5-4-6-21(28)14-19)24(18-9-11-20(27)12-10-18)29(25(26)31)23(16-30)17-7-8-17/h3-6,9-12,14,17,22-24,30H,1,7-8,13,15-16H2,2H3/t22-,23?,24?,26+/m1/s1. The summed E-state index contributed by atoms with van der Waals surface area (Å²) in [7, 11) is 0. The van der Waals surface area contributed by atoms with E-state index in [9.17, 15) is 9.90 Å². The monoisotopic (exact) mass is 457 g/mol. The molecule has 1 heterocycles. The number of piperidine rings is 1. The van der Waals surface area contributed by atoms with Gasteiger partial charge in [-0.2, -0.15) is 0 Å². The zero-order valence-electron chi connectivity index (χ0n) is 17.8. The van der Waals surface area contributed by atoms with E-state index in [1.807, 2.05) is 60.4 Å². The van der Waals surface area contributed by atoms with Crippen molar-refractivity contribution in [3.05, 3.63) is 82.4 Å². The summed E-state index contributed by atoms with van der Waals surface area (Å²) in [6.07, 6.45) is 5.20. The van der Waals surface area contributed by atoms with Crippen LogP contribution in [0, 0.1) is 11.3 Å². The lowest BCUT2D eigenvalue weighted by molar-refractivity contribution is -0.156. The first-order valence-electron chi connectivity index (χ1n) is 10.9. The minimum absolute atomic E-state index is 0.0348. The van der Waals surface area contributed by atoms with Gasteiger partial charge in [-0.15, -0.1) is 6.58 Å². The molecule has 0 bridgehead atoms. The predicted molar refractivity (Wildman–Crippen MR) is 126 cm³/mol. The molecule has 1 N–H and O–H groups in total. The SMILES string of the molecule is C=CC[C@@]1(C)C[C@H](c2cccc(Cl)c2)C(c2ccc(Cl)cc2)N(C(CO)C2CC2)C1=O. The first-order valence-corrected chi connectivity index (χ1v) is 11.7. The fourth-order valence-electron chi connectivity index (χ4n) is 5.20. The topological polar surface area (TPSA) is 40.5 Å². The van der Waals surface area contributed by atoms with Crippen molar-refractivity contribution in [3.8, 4) is 0 Å². The number of hydrogen-bond donors (Lipinski definition) is 1. The van der Waals surface area contributed by atoms with Crippen LogP contribution in [0.5, 0.6) is 0 Å². The fraction of sp³-hybridized carbons (Fsp3) is 0.423. The second kappa shape index (κ2) is 8.97. The van der Waals surface area contributed by atoms with Crippen molar-refractivity contribution in [3.63, 3.8) is 0 Å². The number of halogens is 2. The second-order valence-electron chi connectivity index (χ2n) is 9.22. The average Bonchev–Trinajstić information content (AvgIpc) is 3.58. The third-order valence-corrected chi connectivity index (χ3v) is 7.38. The molecule has 1 amide bonds. The van der Waals surface area contributed by atoms with E-state index >= 15 is 0 Å². The van der Waals surface area contributed by atoms with E-state index in [-0.39, 0.29) is 30.5 Å². The van der Waals surface area contributed by atoms with Crippen LogP contribution in [0.4, 0.5) is 0 Å². The van der Waals surface area contributed by atoms with Gasteiger partial charge in [0.15, 0.2) is 0 Å². The molecule has 4 rings (SSSR count). The van der Waals surface area contributed by atoms with Crippen molar-refractivity contribution >= 4 is 29.1 Å². The van der Waals surface area contributed by atoms with Crippen molar-refractivity contribution in [2.24, 2.45) is 11.3 Å². The molecule has 1 saturated carbocycles. The number of likely N-dealkylation sites (tertiary alicyclic amines) is 1. The number of nitrogens with zero attached hydrogens (tertiary/aromatic N) is 1. The van der Waals surface area contributed by atoms with E-state index in [1.54, 1.807) is 0 Å². The van der Waals surface area contributed by atoms with Crippen molar-refractivity contribution < 1.29 is 9.90 Å². The van der Waals surface area contributed by atoms with Gasteiger partial charge in [-0.1, -0.05) is 60.5 Å². The van der Waals surface area contributed by atoms with Crippen LogP contribution in [0.1, 0.15) is 55.7 Å². The Hall–Kier alpha value is -1.81. The highest BCUT2D eigenvalue weighted by Gasteiger charge is 2.53. The number of hydrogen-bond acceptors (Lipinski definition) is 2. The molecular weight excluding hydrogens is 429 g/mol. The molecule has 1 aliphatic heterocycles. The molecule has 0 aromatic heterocycles. The van der Waals surface area contributed by atoms with Gasteiger partial charge in [0.05, 0.1) is 24.1 Å². The molecule has 4 atom stereocenters. The molecule has 2 aromatic rings.